The van der Waals surface area contributed by atoms with E-state index in [9.17, 15) is 19.8 Å². The molecule has 2 unspecified atom stereocenters. The van der Waals surface area contributed by atoms with Crippen LogP contribution in [0, 0.1) is 0 Å². The standard InChI is InChI=1S/C25H27N3O6/c1-28-13-20(27-23(28)24(31)33-2)22(30)21(29)11-12-26-25(32)34-14-19-17-9-5-3-7-15(17)16-8-4-6-10-18(16)19/h3-10,13,19,21-22,29-30H,11-12,14H2,1-2H3,(H,26,32). The van der Waals surface area contributed by atoms with Gasteiger partial charge in [-0.1, -0.05) is 48.5 Å². The Morgan fingerprint density at radius 2 is 1.71 bits per heavy atom. The number of carbonyl (C=O) groups excluding carboxylic acids is 2. The van der Waals surface area contributed by atoms with Gasteiger partial charge in [-0.05, 0) is 28.7 Å². The van der Waals surface area contributed by atoms with Crippen LogP contribution in [0.2, 0.25) is 0 Å². The number of hydrogen-bond donors (Lipinski definition) is 3. The summed E-state index contributed by atoms with van der Waals surface area (Å²) in [4.78, 5) is 27.9. The third-order valence-corrected chi connectivity index (χ3v) is 5.98. The minimum absolute atomic E-state index is 0.0144. The number of aliphatic hydroxyl groups is 2. The van der Waals surface area contributed by atoms with Crippen LogP contribution < -0.4 is 5.32 Å². The molecule has 0 aliphatic heterocycles. The van der Waals surface area contributed by atoms with Gasteiger partial charge in [-0.25, -0.2) is 14.6 Å². The van der Waals surface area contributed by atoms with Crippen LogP contribution in [-0.4, -0.2) is 58.2 Å². The van der Waals surface area contributed by atoms with Gasteiger partial charge in [0.25, 0.3) is 0 Å². The number of nitrogens with zero attached hydrogens (tertiary/aromatic N) is 2. The fourth-order valence-electron chi connectivity index (χ4n) is 4.24. The van der Waals surface area contributed by atoms with Gasteiger partial charge in [-0.3, -0.25) is 0 Å². The predicted octanol–water partition coefficient (Wildman–Crippen LogP) is 2.53. The topological polar surface area (TPSA) is 123 Å². The second-order valence-electron chi connectivity index (χ2n) is 8.15. The van der Waals surface area contributed by atoms with E-state index in [4.69, 9.17) is 4.74 Å². The zero-order valence-electron chi connectivity index (χ0n) is 19.0. The number of alkyl carbamates (subject to hydrolysis) is 1. The highest BCUT2D eigenvalue weighted by molar-refractivity contribution is 5.85. The zero-order valence-corrected chi connectivity index (χ0v) is 19.0. The molecule has 0 saturated carbocycles. The monoisotopic (exact) mass is 465 g/mol. The third-order valence-electron chi connectivity index (χ3n) is 5.98. The molecule has 2 aromatic carbocycles. The number of hydrogen-bond acceptors (Lipinski definition) is 7. The second kappa shape index (κ2) is 10.1. The summed E-state index contributed by atoms with van der Waals surface area (Å²) in [6.45, 7) is 0.279. The van der Waals surface area contributed by atoms with Gasteiger partial charge in [0.2, 0.25) is 5.82 Å². The van der Waals surface area contributed by atoms with E-state index < -0.39 is 24.3 Å². The Balaban J connectivity index is 1.28. The Morgan fingerprint density at radius 1 is 1.09 bits per heavy atom. The molecule has 1 amide bonds. The maximum Gasteiger partial charge on any atom is 0.407 e. The highest BCUT2D eigenvalue weighted by Gasteiger charge is 2.29. The molecule has 0 bridgehead atoms. The van der Waals surface area contributed by atoms with Crippen molar-refractivity contribution in [1.82, 2.24) is 14.9 Å². The summed E-state index contributed by atoms with van der Waals surface area (Å²) in [7, 11) is 2.82. The largest absolute Gasteiger partial charge is 0.463 e. The summed E-state index contributed by atoms with van der Waals surface area (Å²) in [6.07, 6.45) is -1.62. The molecule has 0 radical (unpaired) electrons. The predicted molar refractivity (Wildman–Crippen MR) is 123 cm³/mol. The number of aromatic nitrogens is 2. The first-order valence-corrected chi connectivity index (χ1v) is 11.0. The number of carbonyl (C=O) groups is 2. The minimum Gasteiger partial charge on any atom is -0.463 e. The molecule has 1 aromatic heterocycles. The van der Waals surface area contributed by atoms with Crippen molar-refractivity contribution in [3.63, 3.8) is 0 Å². The molecule has 9 nitrogen and oxygen atoms in total. The maximum atomic E-state index is 12.3. The van der Waals surface area contributed by atoms with Crippen LogP contribution in [0.25, 0.3) is 11.1 Å². The van der Waals surface area contributed by atoms with Crippen molar-refractivity contribution in [2.45, 2.75) is 24.5 Å². The number of rotatable bonds is 8. The average molecular weight is 466 g/mol. The van der Waals surface area contributed by atoms with Gasteiger partial charge in [0, 0.05) is 25.7 Å². The molecule has 0 spiro atoms. The number of amides is 1. The Kier molecular flexibility index (Phi) is 6.95. The van der Waals surface area contributed by atoms with E-state index in [0.29, 0.717) is 0 Å². The number of benzene rings is 2. The summed E-state index contributed by atoms with van der Waals surface area (Å²) in [5.41, 5.74) is 4.67. The molecule has 1 heterocycles. The normalized spacial score (nSPS) is 14.1. The van der Waals surface area contributed by atoms with E-state index in [0.717, 1.165) is 22.3 Å². The average Bonchev–Trinajstić information content (AvgIpc) is 3.39. The van der Waals surface area contributed by atoms with E-state index in [-0.39, 0.29) is 37.0 Å². The Morgan fingerprint density at radius 3 is 2.32 bits per heavy atom. The Hall–Kier alpha value is -3.69. The van der Waals surface area contributed by atoms with E-state index in [1.165, 1.54) is 17.9 Å². The summed E-state index contributed by atoms with van der Waals surface area (Å²) < 4.78 is 11.5. The number of aliphatic hydroxyl groups excluding tert-OH is 2. The lowest BCUT2D eigenvalue weighted by Crippen LogP contribution is -2.30. The molecule has 1 aliphatic carbocycles. The molecule has 0 saturated heterocycles. The zero-order chi connectivity index (χ0) is 24.2. The number of imidazole rings is 1. The minimum atomic E-state index is -1.33. The Bertz CT molecular complexity index is 1150. The van der Waals surface area contributed by atoms with E-state index in [2.05, 4.69) is 27.2 Å². The van der Waals surface area contributed by atoms with Crippen LogP contribution in [-0.2, 0) is 16.5 Å². The molecule has 3 N–H and O–H groups in total. The van der Waals surface area contributed by atoms with Gasteiger partial charge >= 0.3 is 12.1 Å². The maximum absolute atomic E-state index is 12.3. The second-order valence-corrected chi connectivity index (χ2v) is 8.15. The number of esters is 1. The van der Waals surface area contributed by atoms with E-state index in [1.54, 1.807) is 7.05 Å². The summed E-state index contributed by atoms with van der Waals surface area (Å²) >= 11 is 0. The summed E-state index contributed by atoms with van der Waals surface area (Å²) in [6, 6.07) is 16.2. The fraction of sp³-hybridized carbons (Fsp3) is 0.320. The van der Waals surface area contributed by atoms with Crippen molar-refractivity contribution in [2.75, 3.05) is 20.3 Å². The van der Waals surface area contributed by atoms with Crippen LogP contribution in [0.4, 0.5) is 4.79 Å². The first-order valence-electron chi connectivity index (χ1n) is 11.0. The number of methoxy groups -OCH3 is 1. The summed E-state index contributed by atoms with van der Waals surface area (Å²) in [5.74, 6) is -0.674. The van der Waals surface area contributed by atoms with Crippen molar-refractivity contribution < 1.29 is 29.3 Å². The van der Waals surface area contributed by atoms with Crippen LogP contribution in [0.15, 0.2) is 54.7 Å². The van der Waals surface area contributed by atoms with Crippen LogP contribution in [0.5, 0.6) is 0 Å². The van der Waals surface area contributed by atoms with Gasteiger partial charge in [-0.2, -0.15) is 0 Å². The van der Waals surface area contributed by atoms with Crippen molar-refractivity contribution in [3.05, 3.63) is 77.4 Å². The lowest BCUT2D eigenvalue weighted by atomic mass is 9.98. The molecular formula is C25H27N3O6. The lowest BCUT2D eigenvalue weighted by molar-refractivity contribution is 0.0112. The van der Waals surface area contributed by atoms with Crippen molar-refractivity contribution >= 4 is 12.1 Å². The molecule has 2 atom stereocenters. The lowest BCUT2D eigenvalue weighted by Gasteiger charge is -2.17. The van der Waals surface area contributed by atoms with Crippen molar-refractivity contribution in [1.29, 1.82) is 0 Å². The van der Waals surface area contributed by atoms with Crippen LogP contribution in [0.3, 0.4) is 0 Å². The van der Waals surface area contributed by atoms with Crippen LogP contribution in [0.1, 0.15) is 45.9 Å². The van der Waals surface area contributed by atoms with E-state index in [1.807, 2.05) is 36.4 Å². The number of aryl methyl sites for hydroxylation is 1. The van der Waals surface area contributed by atoms with E-state index >= 15 is 0 Å². The number of fused-ring (bicyclic) bond motifs is 3. The Labute approximate surface area is 197 Å². The van der Waals surface area contributed by atoms with Gasteiger partial charge in [-0.15, -0.1) is 0 Å². The molecule has 9 heteroatoms. The molecule has 3 aromatic rings. The van der Waals surface area contributed by atoms with Gasteiger partial charge in [0.15, 0.2) is 0 Å². The molecule has 1 aliphatic rings. The number of nitrogens with one attached hydrogen (secondary N) is 1. The van der Waals surface area contributed by atoms with Crippen LogP contribution >= 0.6 is 0 Å². The molecule has 4 rings (SSSR count). The van der Waals surface area contributed by atoms with Crippen molar-refractivity contribution in [3.8, 4) is 11.1 Å². The van der Waals surface area contributed by atoms with Crippen molar-refractivity contribution in [2.24, 2.45) is 7.05 Å². The SMILES string of the molecule is COC(=O)c1nc(C(O)C(O)CCNC(=O)OCC2c3ccccc3-c3ccccc32)cn1C. The van der Waals surface area contributed by atoms with Gasteiger partial charge < -0.3 is 29.6 Å². The summed E-state index contributed by atoms with van der Waals surface area (Å²) in [5, 5.41) is 23.3. The fourth-order valence-corrected chi connectivity index (χ4v) is 4.24. The third kappa shape index (κ3) is 4.66. The number of ether oxygens (including phenoxy) is 2. The first kappa shape index (κ1) is 23.5. The molecule has 34 heavy (non-hydrogen) atoms. The quantitative estimate of drug-likeness (QED) is 0.437. The molecule has 0 fully saturated rings. The van der Waals surface area contributed by atoms with Gasteiger partial charge in [0.05, 0.1) is 18.9 Å². The highest BCUT2D eigenvalue weighted by atomic mass is 16.5. The van der Waals surface area contributed by atoms with Gasteiger partial charge in [0.1, 0.15) is 12.7 Å². The highest BCUT2D eigenvalue weighted by Crippen LogP contribution is 2.44. The smallest absolute Gasteiger partial charge is 0.407 e. The molecule has 178 valence electrons. The molecular weight excluding hydrogens is 438 g/mol. The first-order chi connectivity index (χ1) is 16.4.